The lowest BCUT2D eigenvalue weighted by Gasteiger charge is -2.32. The van der Waals surface area contributed by atoms with Crippen molar-refractivity contribution in [2.75, 3.05) is 11.9 Å². The zero-order chi connectivity index (χ0) is 11.4. The molecule has 1 aliphatic heterocycles. The van der Waals surface area contributed by atoms with Crippen molar-refractivity contribution in [2.24, 2.45) is 4.99 Å². The van der Waals surface area contributed by atoms with Gasteiger partial charge in [0, 0.05) is 18.4 Å². The van der Waals surface area contributed by atoms with E-state index in [-0.39, 0.29) is 6.29 Å². The van der Waals surface area contributed by atoms with Crippen molar-refractivity contribution in [3.63, 3.8) is 0 Å². The maximum Gasteiger partial charge on any atom is 0.196 e. The lowest BCUT2D eigenvalue weighted by molar-refractivity contribution is 0.316. The fourth-order valence-corrected chi connectivity index (χ4v) is 2.16. The van der Waals surface area contributed by atoms with Crippen LogP contribution in [-0.4, -0.2) is 23.9 Å². The molecule has 1 aliphatic rings. The van der Waals surface area contributed by atoms with Gasteiger partial charge in [-0.15, -0.1) is 0 Å². The van der Waals surface area contributed by atoms with Gasteiger partial charge in [-0.1, -0.05) is 18.2 Å². The van der Waals surface area contributed by atoms with E-state index in [0.717, 1.165) is 16.8 Å². The molecule has 2 rings (SSSR count). The number of hydrogen-bond donors (Lipinski definition) is 1. The van der Waals surface area contributed by atoms with Crippen LogP contribution in [0.15, 0.2) is 46.0 Å². The van der Waals surface area contributed by atoms with Crippen LogP contribution in [0, 0.1) is 0 Å². The molecule has 0 bridgehead atoms. The van der Waals surface area contributed by atoms with Crippen LogP contribution in [-0.2, 0) is 0 Å². The number of para-hydroxylation sites is 1. The topological polar surface area (TPSA) is 27.6 Å². The molecule has 0 spiro atoms. The molecule has 0 amide bonds. The summed E-state index contributed by atoms with van der Waals surface area (Å²) in [6.07, 6.45) is 3.73. The molecule has 1 heterocycles. The number of halogens is 1. The molecule has 3 nitrogen and oxygen atoms in total. The first-order valence-corrected chi connectivity index (χ1v) is 6.07. The SMILES string of the molecule is CCN1C(Br)=CC=NC1Nc1ccccc1. The predicted molar refractivity (Wildman–Crippen MR) is 71.7 cm³/mol. The minimum absolute atomic E-state index is 0.0354. The Morgan fingerprint density at radius 1 is 1.38 bits per heavy atom. The normalized spacial score (nSPS) is 19.5. The summed E-state index contributed by atoms with van der Waals surface area (Å²) in [5, 5.41) is 3.37. The minimum atomic E-state index is -0.0354. The van der Waals surface area contributed by atoms with Crippen LogP contribution in [0.4, 0.5) is 5.69 Å². The van der Waals surface area contributed by atoms with Crippen molar-refractivity contribution in [2.45, 2.75) is 13.2 Å². The van der Waals surface area contributed by atoms with Gasteiger partial charge >= 0.3 is 0 Å². The third-order valence-corrected chi connectivity index (χ3v) is 3.14. The molecule has 0 radical (unpaired) electrons. The van der Waals surface area contributed by atoms with Crippen molar-refractivity contribution < 1.29 is 0 Å². The van der Waals surface area contributed by atoms with E-state index in [2.05, 4.69) is 38.1 Å². The highest BCUT2D eigenvalue weighted by Gasteiger charge is 2.18. The van der Waals surface area contributed by atoms with Gasteiger partial charge < -0.3 is 10.2 Å². The number of nitrogens with one attached hydrogen (secondary N) is 1. The fraction of sp³-hybridized carbons (Fsp3) is 0.250. The van der Waals surface area contributed by atoms with Gasteiger partial charge in [-0.3, -0.25) is 0 Å². The third kappa shape index (κ3) is 2.44. The smallest absolute Gasteiger partial charge is 0.196 e. The second kappa shape index (κ2) is 5.16. The number of allylic oxidation sites excluding steroid dienone is 1. The Hall–Kier alpha value is -1.29. The monoisotopic (exact) mass is 279 g/mol. The van der Waals surface area contributed by atoms with Gasteiger partial charge in [-0.05, 0) is 41.1 Å². The maximum atomic E-state index is 4.41. The molecule has 0 saturated carbocycles. The Morgan fingerprint density at radius 2 is 2.12 bits per heavy atom. The first-order valence-electron chi connectivity index (χ1n) is 5.28. The number of benzene rings is 1. The van der Waals surface area contributed by atoms with Crippen LogP contribution in [0.25, 0.3) is 0 Å². The molecule has 1 atom stereocenters. The standard InChI is InChI=1S/C12H14BrN3/c1-2-16-11(13)8-9-14-12(16)15-10-6-4-3-5-7-10/h3-9,12,15H,2H2,1H3. The summed E-state index contributed by atoms with van der Waals surface area (Å²) in [7, 11) is 0. The highest BCUT2D eigenvalue weighted by Crippen LogP contribution is 2.20. The zero-order valence-electron chi connectivity index (χ0n) is 9.10. The number of aliphatic imine (C=N–C) groups is 1. The van der Waals surface area contributed by atoms with Gasteiger partial charge in [-0.2, -0.15) is 0 Å². The van der Waals surface area contributed by atoms with Gasteiger partial charge in [-0.25, -0.2) is 4.99 Å². The molecule has 1 unspecified atom stereocenters. The molecule has 1 aromatic rings. The Kier molecular flexibility index (Phi) is 3.62. The maximum absolute atomic E-state index is 4.41. The molecule has 0 aromatic heterocycles. The highest BCUT2D eigenvalue weighted by atomic mass is 79.9. The summed E-state index contributed by atoms with van der Waals surface area (Å²) in [6, 6.07) is 10.1. The quantitative estimate of drug-likeness (QED) is 0.862. The molecule has 0 saturated heterocycles. The van der Waals surface area contributed by atoms with Gasteiger partial charge in [0.15, 0.2) is 6.29 Å². The summed E-state index contributed by atoms with van der Waals surface area (Å²) < 4.78 is 1.05. The van der Waals surface area contributed by atoms with Gasteiger partial charge in [0.2, 0.25) is 0 Å². The summed E-state index contributed by atoms with van der Waals surface area (Å²) in [4.78, 5) is 6.56. The van der Waals surface area contributed by atoms with Gasteiger partial charge in [0.25, 0.3) is 0 Å². The van der Waals surface area contributed by atoms with Crippen LogP contribution in [0.3, 0.4) is 0 Å². The number of anilines is 1. The number of rotatable bonds is 3. The lowest BCUT2D eigenvalue weighted by Crippen LogP contribution is -2.39. The Labute approximate surface area is 104 Å². The molecular weight excluding hydrogens is 266 g/mol. The Bertz CT molecular complexity index is 400. The van der Waals surface area contributed by atoms with Crippen LogP contribution in [0.1, 0.15) is 6.92 Å². The van der Waals surface area contributed by atoms with Crippen molar-refractivity contribution >= 4 is 27.8 Å². The first-order chi connectivity index (χ1) is 7.81. The van der Waals surface area contributed by atoms with Crippen LogP contribution in [0.5, 0.6) is 0 Å². The van der Waals surface area contributed by atoms with E-state index in [0.29, 0.717) is 0 Å². The molecule has 0 fully saturated rings. The molecule has 16 heavy (non-hydrogen) atoms. The summed E-state index contributed by atoms with van der Waals surface area (Å²) in [5.41, 5.74) is 1.07. The van der Waals surface area contributed by atoms with E-state index in [1.54, 1.807) is 0 Å². The molecule has 4 heteroatoms. The molecule has 84 valence electrons. The van der Waals surface area contributed by atoms with Crippen LogP contribution < -0.4 is 5.32 Å². The second-order valence-corrected chi connectivity index (χ2v) is 4.27. The average molecular weight is 280 g/mol. The van der Waals surface area contributed by atoms with Crippen molar-refractivity contribution in [3.8, 4) is 0 Å². The van der Waals surface area contributed by atoms with E-state index in [1.807, 2.05) is 42.6 Å². The minimum Gasteiger partial charge on any atom is -0.347 e. The predicted octanol–water partition coefficient (Wildman–Crippen LogP) is 3.02. The zero-order valence-corrected chi connectivity index (χ0v) is 10.7. The van der Waals surface area contributed by atoms with Crippen molar-refractivity contribution in [3.05, 3.63) is 41.0 Å². The third-order valence-electron chi connectivity index (χ3n) is 2.42. The van der Waals surface area contributed by atoms with E-state index in [1.165, 1.54) is 0 Å². The lowest BCUT2D eigenvalue weighted by atomic mass is 10.3. The molecule has 1 aromatic carbocycles. The van der Waals surface area contributed by atoms with Crippen molar-refractivity contribution in [1.29, 1.82) is 0 Å². The number of nitrogens with zero attached hydrogens (tertiary/aromatic N) is 2. The van der Waals surface area contributed by atoms with Crippen LogP contribution >= 0.6 is 15.9 Å². The van der Waals surface area contributed by atoms with Crippen molar-refractivity contribution in [1.82, 2.24) is 4.90 Å². The average Bonchev–Trinajstić information content (AvgIpc) is 2.31. The Morgan fingerprint density at radius 3 is 2.81 bits per heavy atom. The van der Waals surface area contributed by atoms with E-state index in [9.17, 15) is 0 Å². The summed E-state index contributed by atoms with van der Waals surface area (Å²) >= 11 is 3.52. The Balaban J connectivity index is 2.10. The highest BCUT2D eigenvalue weighted by molar-refractivity contribution is 9.11. The summed E-state index contributed by atoms with van der Waals surface area (Å²) in [5.74, 6) is 0. The molecule has 1 N–H and O–H groups in total. The van der Waals surface area contributed by atoms with Gasteiger partial charge in [0.1, 0.15) is 0 Å². The summed E-state index contributed by atoms with van der Waals surface area (Å²) in [6.45, 7) is 3.01. The molecular formula is C12H14BrN3. The van der Waals surface area contributed by atoms with E-state index < -0.39 is 0 Å². The largest absolute Gasteiger partial charge is 0.347 e. The first kappa shape index (κ1) is 11.2. The fourth-order valence-electron chi connectivity index (χ4n) is 1.60. The second-order valence-electron chi connectivity index (χ2n) is 3.46. The molecule has 0 aliphatic carbocycles. The van der Waals surface area contributed by atoms with E-state index >= 15 is 0 Å². The van der Waals surface area contributed by atoms with Crippen LogP contribution in [0.2, 0.25) is 0 Å². The van der Waals surface area contributed by atoms with E-state index in [4.69, 9.17) is 0 Å². The van der Waals surface area contributed by atoms with Gasteiger partial charge in [0.05, 0.1) is 4.61 Å². The number of hydrogen-bond acceptors (Lipinski definition) is 3.